The standard InChI is InChI=1S/C28H22O2.BF4/c29-24-16-14-20(15-17-24)18-23-12-7-13-25-26(21-8-3-1-4-9-21)19-27(30-28(23)25)22-10-5-2-6-11-22;2-1(3,4)5/h1-6,8-11,14-19H,7,12-13H2;/q;-1/p+1. The second-order valence-electron chi connectivity index (χ2n) is 8.17. The maximum Gasteiger partial charge on any atom is 0.673 e. The third-order valence-electron chi connectivity index (χ3n) is 5.63. The van der Waals surface area contributed by atoms with Crippen molar-refractivity contribution < 1.29 is 26.8 Å². The first kappa shape index (κ1) is 24.3. The molecule has 1 N–H and O–H groups in total. The number of benzene rings is 3. The van der Waals surface area contributed by atoms with Crippen LogP contribution < -0.4 is 0 Å². The maximum atomic E-state index is 9.75. The van der Waals surface area contributed by atoms with Gasteiger partial charge in [-0.2, -0.15) is 0 Å². The third-order valence-corrected chi connectivity index (χ3v) is 5.63. The van der Waals surface area contributed by atoms with Gasteiger partial charge in [-0.15, -0.1) is 0 Å². The Labute approximate surface area is 201 Å². The van der Waals surface area contributed by atoms with Gasteiger partial charge in [0.2, 0.25) is 0 Å². The Morgan fingerprint density at radius 3 is 1.91 bits per heavy atom. The van der Waals surface area contributed by atoms with Gasteiger partial charge in [0.15, 0.2) is 0 Å². The molecule has 35 heavy (non-hydrogen) atoms. The summed E-state index contributed by atoms with van der Waals surface area (Å²) in [4.78, 5) is 0. The van der Waals surface area contributed by atoms with Crippen LogP contribution in [0.1, 0.15) is 29.7 Å². The molecule has 178 valence electrons. The van der Waals surface area contributed by atoms with Gasteiger partial charge >= 0.3 is 18.8 Å². The molecule has 1 heterocycles. The topological polar surface area (TPSA) is 31.5 Å². The smallest absolute Gasteiger partial charge is 0.508 e. The van der Waals surface area contributed by atoms with Crippen LogP contribution in [0.2, 0.25) is 0 Å². The molecule has 0 amide bonds. The fraction of sp³-hybridized carbons (Fsp3) is 0.107. The molecule has 0 radical (unpaired) electrons. The van der Waals surface area contributed by atoms with Crippen LogP contribution in [0.5, 0.6) is 5.75 Å². The molecule has 0 bridgehead atoms. The van der Waals surface area contributed by atoms with Crippen molar-refractivity contribution in [3.05, 3.63) is 108 Å². The van der Waals surface area contributed by atoms with Crippen LogP contribution in [0.25, 0.3) is 34.1 Å². The van der Waals surface area contributed by atoms with Gasteiger partial charge in [-0.05, 0) is 60.7 Å². The van der Waals surface area contributed by atoms with Crippen LogP contribution in [-0.4, -0.2) is 12.4 Å². The van der Waals surface area contributed by atoms with Crippen LogP contribution in [-0.2, 0) is 6.42 Å². The van der Waals surface area contributed by atoms with Crippen molar-refractivity contribution >= 4 is 18.9 Å². The predicted molar refractivity (Wildman–Crippen MR) is 133 cm³/mol. The Morgan fingerprint density at radius 2 is 1.31 bits per heavy atom. The fourth-order valence-electron chi connectivity index (χ4n) is 4.15. The predicted octanol–water partition coefficient (Wildman–Crippen LogP) is 8.78. The van der Waals surface area contributed by atoms with Crippen LogP contribution >= 0.6 is 0 Å². The summed E-state index contributed by atoms with van der Waals surface area (Å²) in [6.45, 7) is 0. The van der Waals surface area contributed by atoms with Crippen LogP contribution in [0.3, 0.4) is 0 Å². The van der Waals surface area contributed by atoms with E-state index in [9.17, 15) is 22.4 Å². The molecule has 0 unspecified atom stereocenters. The average Bonchev–Trinajstić information content (AvgIpc) is 2.85. The highest BCUT2D eigenvalue weighted by atomic mass is 19.5. The van der Waals surface area contributed by atoms with Crippen molar-refractivity contribution in [3.63, 3.8) is 0 Å². The molecule has 1 aliphatic rings. The normalized spacial score (nSPS) is 14.1. The number of hydrogen-bond donors (Lipinski definition) is 1. The number of aromatic hydroxyl groups is 1. The summed E-state index contributed by atoms with van der Waals surface area (Å²) in [6.07, 6.45) is 5.26. The Balaban J connectivity index is 0.000000527. The van der Waals surface area contributed by atoms with Crippen LogP contribution in [0, 0.1) is 0 Å². The van der Waals surface area contributed by atoms with Gasteiger partial charge in [-0.3, -0.25) is 0 Å². The quantitative estimate of drug-likeness (QED) is 0.181. The first-order valence-corrected chi connectivity index (χ1v) is 11.3. The van der Waals surface area contributed by atoms with E-state index in [4.69, 9.17) is 4.42 Å². The molecule has 5 rings (SSSR count). The molecule has 4 aromatic rings. The molecule has 2 nitrogen and oxygen atoms in total. The Bertz CT molecular complexity index is 1300. The molecule has 7 heteroatoms. The highest BCUT2D eigenvalue weighted by Gasteiger charge is 2.31. The minimum Gasteiger partial charge on any atom is -0.508 e. The SMILES string of the molecule is F[B-](F)(F)F.Oc1ccc(C=C2CCCc3c(-c4ccccc4)cc(-c4ccccc4)[o+]c32)cc1. The number of phenolic OH excluding ortho intramolecular Hbond substituents is 1. The fourth-order valence-corrected chi connectivity index (χ4v) is 4.15. The summed E-state index contributed by atoms with van der Waals surface area (Å²) >= 11 is 0. The Hall–Kier alpha value is -3.87. The van der Waals surface area contributed by atoms with E-state index in [1.165, 1.54) is 22.3 Å². The van der Waals surface area contributed by atoms with E-state index in [1.807, 2.05) is 30.3 Å². The molecule has 0 spiro atoms. The van der Waals surface area contributed by atoms with E-state index in [0.29, 0.717) is 0 Å². The number of fused-ring (bicyclic) bond motifs is 1. The molecule has 0 aliphatic heterocycles. The average molecular weight is 478 g/mol. The number of phenols is 1. The third kappa shape index (κ3) is 6.60. The minimum atomic E-state index is -6.00. The summed E-state index contributed by atoms with van der Waals surface area (Å²) in [7, 11) is -6.00. The zero-order chi connectivity index (χ0) is 24.8. The van der Waals surface area contributed by atoms with E-state index in [1.54, 1.807) is 12.1 Å². The highest BCUT2D eigenvalue weighted by molar-refractivity contribution is 6.50. The molecule has 0 atom stereocenters. The van der Waals surface area contributed by atoms with Gasteiger partial charge < -0.3 is 22.4 Å². The minimum absolute atomic E-state index is 0.281. The van der Waals surface area contributed by atoms with Crippen LogP contribution in [0.4, 0.5) is 17.3 Å². The molecular weight excluding hydrogens is 455 g/mol. The molecule has 0 fully saturated rings. The van der Waals surface area contributed by atoms with Gasteiger partial charge in [0, 0.05) is 5.56 Å². The van der Waals surface area contributed by atoms with Crippen molar-refractivity contribution in [2.45, 2.75) is 19.3 Å². The lowest BCUT2D eigenvalue weighted by molar-refractivity contribution is 0.368. The lowest BCUT2D eigenvalue weighted by atomic mass is 9.86. The second kappa shape index (κ2) is 10.6. The van der Waals surface area contributed by atoms with Crippen molar-refractivity contribution in [2.24, 2.45) is 0 Å². The van der Waals surface area contributed by atoms with Gasteiger partial charge in [-0.25, -0.2) is 4.42 Å². The van der Waals surface area contributed by atoms with Crippen molar-refractivity contribution in [1.82, 2.24) is 0 Å². The van der Waals surface area contributed by atoms with Crippen molar-refractivity contribution in [3.8, 4) is 28.2 Å². The van der Waals surface area contributed by atoms with Gasteiger partial charge in [0.1, 0.15) is 5.75 Å². The highest BCUT2D eigenvalue weighted by Crippen LogP contribution is 2.41. The first-order chi connectivity index (χ1) is 16.8. The summed E-state index contributed by atoms with van der Waals surface area (Å²) in [5.41, 5.74) is 7.08. The Kier molecular flexibility index (Phi) is 7.35. The lowest BCUT2D eigenvalue weighted by Gasteiger charge is -2.15. The Morgan fingerprint density at radius 1 is 0.743 bits per heavy atom. The summed E-state index contributed by atoms with van der Waals surface area (Å²) in [5, 5.41) is 9.61. The summed E-state index contributed by atoms with van der Waals surface area (Å²) in [5.74, 6) is 2.14. The van der Waals surface area contributed by atoms with E-state index in [0.717, 1.165) is 41.9 Å². The largest absolute Gasteiger partial charge is 0.673 e. The monoisotopic (exact) mass is 478 g/mol. The van der Waals surface area contributed by atoms with Gasteiger partial charge in [0.05, 0.1) is 22.8 Å². The number of halogens is 4. The van der Waals surface area contributed by atoms with E-state index in [2.05, 4.69) is 54.6 Å². The molecule has 1 aliphatic carbocycles. The van der Waals surface area contributed by atoms with Crippen LogP contribution in [0.15, 0.2) is 95.4 Å². The van der Waals surface area contributed by atoms with Crippen molar-refractivity contribution in [1.29, 1.82) is 0 Å². The number of hydrogen-bond acceptors (Lipinski definition) is 1. The molecule has 0 saturated heterocycles. The van der Waals surface area contributed by atoms with Crippen molar-refractivity contribution in [2.75, 3.05) is 0 Å². The van der Waals surface area contributed by atoms with E-state index >= 15 is 0 Å². The molecule has 0 saturated carbocycles. The maximum absolute atomic E-state index is 9.75. The summed E-state index contributed by atoms with van der Waals surface area (Å²) in [6, 6.07) is 30.4. The zero-order valence-corrected chi connectivity index (χ0v) is 18.8. The number of allylic oxidation sites excluding steroid dienone is 1. The first-order valence-electron chi connectivity index (χ1n) is 11.3. The molecule has 3 aromatic carbocycles. The van der Waals surface area contributed by atoms with Gasteiger partial charge in [-0.1, -0.05) is 60.7 Å². The van der Waals surface area contributed by atoms with E-state index in [-0.39, 0.29) is 5.75 Å². The second-order valence-corrected chi connectivity index (χ2v) is 8.17. The lowest BCUT2D eigenvalue weighted by Crippen LogP contribution is -2.05. The van der Waals surface area contributed by atoms with E-state index < -0.39 is 7.25 Å². The number of rotatable bonds is 3. The van der Waals surface area contributed by atoms with Gasteiger partial charge in [0.25, 0.3) is 0 Å². The summed E-state index contributed by atoms with van der Waals surface area (Å²) < 4.78 is 45.5. The zero-order valence-electron chi connectivity index (χ0n) is 18.8. The molecular formula is C28H23BF4O2. The molecule has 1 aromatic heterocycles.